The summed E-state index contributed by atoms with van der Waals surface area (Å²) in [6, 6.07) is 0. The van der Waals surface area contributed by atoms with E-state index in [0.29, 0.717) is 11.0 Å². The average molecular weight is 179 g/mol. The molecule has 3 atom stereocenters. The lowest BCUT2D eigenvalue weighted by Gasteiger charge is -2.21. The van der Waals surface area contributed by atoms with Crippen molar-refractivity contribution in [3.63, 3.8) is 0 Å². The van der Waals surface area contributed by atoms with Gasteiger partial charge in [-0.1, -0.05) is 6.92 Å². The van der Waals surface area contributed by atoms with E-state index in [0.717, 1.165) is 6.54 Å². The van der Waals surface area contributed by atoms with E-state index in [-0.39, 0.29) is 0 Å². The van der Waals surface area contributed by atoms with Gasteiger partial charge in [-0.15, -0.1) is 9.24 Å². The highest BCUT2D eigenvalue weighted by Crippen LogP contribution is 2.06. The Bertz CT molecular complexity index is 85.7. The second-order valence-corrected chi connectivity index (χ2v) is 4.71. The molecular formula is C7H18NPS. The zero-order valence-corrected chi connectivity index (χ0v) is 9.09. The van der Waals surface area contributed by atoms with E-state index >= 15 is 0 Å². The fourth-order valence-electron chi connectivity index (χ4n) is 0.594. The summed E-state index contributed by atoms with van der Waals surface area (Å²) in [7, 11) is 4.91. The molecule has 0 bridgehead atoms. The first kappa shape index (κ1) is 10.7. The van der Waals surface area contributed by atoms with E-state index in [1.807, 2.05) is 0 Å². The molecule has 3 heteroatoms. The zero-order chi connectivity index (χ0) is 8.15. The summed E-state index contributed by atoms with van der Waals surface area (Å²) in [6.07, 6.45) is 1.17. The summed E-state index contributed by atoms with van der Waals surface area (Å²) in [5.41, 5.74) is 0. The Kier molecular flexibility index (Phi) is 5.80. The van der Waals surface area contributed by atoms with Crippen LogP contribution in [-0.2, 0) is 0 Å². The largest absolute Gasteiger partial charge is 0.300 e. The summed E-state index contributed by atoms with van der Waals surface area (Å²) < 4.78 is 0. The third kappa shape index (κ3) is 5.52. The van der Waals surface area contributed by atoms with Gasteiger partial charge in [0.2, 0.25) is 0 Å². The van der Waals surface area contributed by atoms with Crippen LogP contribution in [0.5, 0.6) is 0 Å². The first-order valence-electron chi connectivity index (χ1n) is 3.68. The molecule has 0 spiro atoms. The predicted octanol–water partition coefficient (Wildman–Crippen LogP) is 1.85. The summed E-state index contributed by atoms with van der Waals surface area (Å²) in [6.45, 7) is 5.44. The molecular weight excluding hydrogens is 161 g/mol. The highest BCUT2D eigenvalue weighted by molar-refractivity contribution is 7.80. The maximum absolute atomic E-state index is 4.31. The van der Waals surface area contributed by atoms with Crippen molar-refractivity contribution in [3.8, 4) is 0 Å². The van der Waals surface area contributed by atoms with Crippen LogP contribution in [0.3, 0.4) is 0 Å². The van der Waals surface area contributed by atoms with Gasteiger partial charge in [0.25, 0.3) is 0 Å². The van der Waals surface area contributed by atoms with E-state index in [2.05, 4.69) is 47.7 Å². The van der Waals surface area contributed by atoms with Gasteiger partial charge in [0.1, 0.15) is 0 Å². The van der Waals surface area contributed by atoms with Gasteiger partial charge in [0.05, 0.1) is 0 Å². The predicted molar refractivity (Wildman–Crippen MR) is 54.9 cm³/mol. The Labute approximate surface area is 72.2 Å². The number of rotatable bonds is 4. The molecule has 0 saturated carbocycles. The summed E-state index contributed by atoms with van der Waals surface area (Å²) in [4.78, 5) is 2.30. The minimum Gasteiger partial charge on any atom is -0.300 e. The van der Waals surface area contributed by atoms with Gasteiger partial charge in [0.15, 0.2) is 0 Å². The van der Waals surface area contributed by atoms with Crippen LogP contribution in [-0.4, -0.2) is 29.5 Å². The maximum Gasteiger partial charge on any atom is 0.0208 e. The third-order valence-electron chi connectivity index (χ3n) is 1.59. The summed E-state index contributed by atoms with van der Waals surface area (Å²) in [5.74, 6) is 0.576. The summed E-state index contributed by atoms with van der Waals surface area (Å²) >= 11 is 4.31. The Balaban J connectivity index is 3.30. The average Bonchev–Trinajstić information content (AvgIpc) is 1.82. The molecule has 10 heavy (non-hydrogen) atoms. The lowest BCUT2D eigenvalue weighted by atomic mass is 10.3. The van der Waals surface area contributed by atoms with Crippen LogP contribution >= 0.6 is 21.9 Å². The second-order valence-electron chi connectivity index (χ2n) is 2.86. The van der Waals surface area contributed by atoms with Crippen molar-refractivity contribution >= 4 is 21.9 Å². The van der Waals surface area contributed by atoms with Gasteiger partial charge in [-0.05, 0) is 26.9 Å². The third-order valence-corrected chi connectivity index (χ3v) is 2.36. The molecule has 0 aromatic heterocycles. The fourth-order valence-corrected chi connectivity index (χ4v) is 0.859. The lowest BCUT2D eigenvalue weighted by molar-refractivity contribution is 0.323. The molecule has 0 aromatic carbocycles. The lowest BCUT2D eigenvalue weighted by Crippen LogP contribution is -2.26. The molecule has 3 unspecified atom stereocenters. The van der Waals surface area contributed by atoms with E-state index in [1.165, 1.54) is 6.42 Å². The molecule has 0 aliphatic heterocycles. The van der Waals surface area contributed by atoms with Crippen molar-refractivity contribution < 1.29 is 0 Å². The van der Waals surface area contributed by atoms with Gasteiger partial charge in [-0.3, -0.25) is 0 Å². The van der Waals surface area contributed by atoms with Crippen molar-refractivity contribution in [3.05, 3.63) is 0 Å². The van der Waals surface area contributed by atoms with E-state index < -0.39 is 0 Å². The molecule has 0 aliphatic rings. The van der Waals surface area contributed by atoms with Crippen molar-refractivity contribution in [2.75, 3.05) is 13.6 Å². The second kappa shape index (κ2) is 5.40. The van der Waals surface area contributed by atoms with Crippen molar-refractivity contribution in [1.29, 1.82) is 0 Å². The number of thiol groups is 1. The monoisotopic (exact) mass is 179 g/mol. The van der Waals surface area contributed by atoms with E-state index in [1.54, 1.807) is 0 Å². The van der Waals surface area contributed by atoms with Crippen LogP contribution in [0.4, 0.5) is 0 Å². The molecule has 1 nitrogen and oxygen atoms in total. The molecule has 0 heterocycles. The first-order chi connectivity index (χ1) is 4.54. The zero-order valence-electron chi connectivity index (χ0n) is 7.04. The Morgan fingerprint density at radius 2 is 2.00 bits per heavy atom. The molecule has 0 N–H and O–H groups in total. The van der Waals surface area contributed by atoms with Gasteiger partial charge >= 0.3 is 0 Å². The van der Waals surface area contributed by atoms with E-state index in [4.69, 9.17) is 0 Å². The number of nitrogens with zero attached hydrogens (tertiary/aromatic N) is 1. The minimum absolute atomic E-state index is 0.520. The van der Waals surface area contributed by atoms with Gasteiger partial charge in [-0.25, -0.2) is 0 Å². The first-order valence-corrected chi connectivity index (χ1v) is 4.86. The van der Waals surface area contributed by atoms with Crippen LogP contribution in [0.1, 0.15) is 20.3 Å². The molecule has 0 amide bonds. The minimum atomic E-state index is 0.520. The Hall–Kier alpha value is 0.740. The molecule has 0 aromatic rings. The molecule has 0 aliphatic carbocycles. The molecule has 0 saturated heterocycles. The summed E-state index contributed by atoms with van der Waals surface area (Å²) in [5, 5.41) is 0.520. The van der Waals surface area contributed by atoms with Crippen molar-refractivity contribution in [1.82, 2.24) is 4.90 Å². The Morgan fingerprint density at radius 1 is 1.50 bits per heavy atom. The van der Waals surface area contributed by atoms with Crippen molar-refractivity contribution in [2.24, 2.45) is 0 Å². The topological polar surface area (TPSA) is 3.24 Å². The molecule has 0 rings (SSSR count). The van der Waals surface area contributed by atoms with Crippen LogP contribution in [0.15, 0.2) is 0 Å². The standard InChI is InChI=1S/C7H18NPS/c1-6(10)4-5-8(3)7(2)9/h6-7,10H,4-5,9H2,1-3H3. The SMILES string of the molecule is CC(S)CCN(C)C(C)P. The van der Waals surface area contributed by atoms with Crippen LogP contribution in [0.25, 0.3) is 0 Å². The molecule has 0 fully saturated rings. The van der Waals surface area contributed by atoms with E-state index in [9.17, 15) is 0 Å². The van der Waals surface area contributed by atoms with Gasteiger partial charge in [0, 0.05) is 11.0 Å². The van der Waals surface area contributed by atoms with Gasteiger partial charge < -0.3 is 4.90 Å². The fraction of sp³-hybridized carbons (Fsp3) is 1.00. The van der Waals surface area contributed by atoms with Gasteiger partial charge in [-0.2, -0.15) is 12.6 Å². The van der Waals surface area contributed by atoms with Crippen LogP contribution in [0.2, 0.25) is 0 Å². The van der Waals surface area contributed by atoms with Crippen molar-refractivity contribution in [2.45, 2.75) is 31.3 Å². The molecule has 62 valence electrons. The normalized spacial score (nSPS) is 17.4. The smallest absolute Gasteiger partial charge is 0.0208 e. The van der Waals surface area contributed by atoms with Crippen LogP contribution < -0.4 is 0 Å². The number of hydrogen-bond acceptors (Lipinski definition) is 2. The quantitative estimate of drug-likeness (QED) is 0.509. The highest BCUT2D eigenvalue weighted by atomic mass is 32.1. The molecule has 0 radical (unpaired) electrons. The number of hydrogen-bond donors (Lipinski definition) is 1. The Morgan fingerprint density at radius 3 is 2.30 bits per heavy atom. The maximum atomic E-state index is 4.31. The highest BCUT2D eigenvalue weighted by Gasteiger charge is 2.03. The van der Waals surface area contributed by atoms with Crippen LogP contribution in [0, 0.1) is 0 Å².